The number of nitrogens with zero attached hydrogens (tertiary/aromatic N) is 4. The number of benzene rings is 2. The van der Waals surface area contributed by atoms with Crippen molar-refractivity contribution >= 4 is 28.8 Å². The van der Waals surface area contributed by atoms with Gasteiger partial charge >= 0.3 is 0 Å². The Morgan fingerprint density at radius 1 is 1.03 bits per heavy atom. The quantitative estimate of drug-likeness (QED) is 0.674. The highest BCUT2D eigenvalue weighted by Gasteiger charge is 2.29. The fourth-order valence-corrected chi connectivity index (χ4v) is 3.75. The Morgan fingerprint density at radius 2 is 1.72 bits per heavy atom. The molecule has 0 radical (unpaired) electrons. The van der Waals surface area contributed by atoms with E-state index in [9.17, 15) is 14.4 Å². The number of amides is 3. The van der Waals surface area contributed by atoms with Crippen molar-refractivity contribution in [2.24, 2.45) is 0 Å². The number of hydrogen-bond acceptors (Lipinski definition) is 6. The minimum atomic E-state index is -0.419. The Kier molecular flexibility index (Phi) is 5.39. The van der Waals surface area contributed by atoms with Crippen LogP contribution in [0.2, 0.25) is 0 Å². The largest absolute Gasteiger partial charge is 0.349 e. The molecule has 2 aromatic carbocycles. The fourth-order valence-electron chi connectivity index (χ4n) is 3.00. The van der Waals surface area contributed by atoms with Crippen molar-refractivity contribution in [3.63, 3.8) is 0 Å². The van der Waals surface area contributed by atoms with Gasteiger partial charge in [-0.15, -0.1) is 5.10 Å². The van der Waals surface area contributed by atoms with Gasteiger partial charge in [0.1, 0.15) is 5.69 Å². The molecule has 1 saturated heterocycles. The second kappa shape index (κ2) is 8.27. The summed E-state index contributed by atoms with van der Waals surface area (Å²) in [6.45, 7) is 0.271. The summed E-state index contributed by atoms with van der Waals surface area (Å²) in [4.78, 5) is 37.3. The van der Waals surface area contributed by atoms with Gasteiger partial charge in [-0.05, 0) is 12.1 Å². The second-order valence-corrected chi connectivity index (χ2v) is 7.18. The number of imide groups is 1. The molecule has 3 amide bonds. The maximum absolute atomic E-state index is 12.8. The van der Waals surface area contributed by atoms with E-state index >= 15 is 0 Å². The molecule has 146 valence electrons. The molecule has 9 heteroatoms. The molecule has 29 heavy (non-hydrogen) atoms. The van der Waals surface area contributed by atoms with Crippen LogP contribution in [0.5, 0.6) is 0 Å². The molecule has 3 aromatic rings. The van der Waals surface area contributed by atoms with Gasteiger partial charge in [-0.3, -0.25) is 19.3 Å². The number of carbonyl (C=O) groups excluding carboxylic acids is 3. The molecule has 1 aliphatic heterocycles. The summed E-state index contributed by atoms with van der Waals surface area (Å²) >= 11 is 0.968. The van der Waals surface area contributed by atoms with Crippen LogP contribution in [0.25, 0.3) is 16.9 Å². The van der Waals surface area contributed by atoms with Crippen molar-refractivity contribution < 1.29 is 14.4 Å². The number of thioether (sulfide) groups is 1. The summed E-state index contributed by atoms with van der Waals surface area (Å²) in [6, 6.07) is 18.8. The first kappa shape index (κ1) is 18.9. The zero-order valence-corrected chi connectivity index (χ0v) is 16.1. The molecule has 1 aromatic heterocycles. The van der Waals surface area contributed by atoms with Crippen LogP contribution in [0.15, 0.2) is 60.7 Å². The molecule has 1 fully saturated rings. The lowest BCUT2D eigenvalue weighted by molar-refractivity contribution is -0.124. The fraction of sp³-hybridized carbons (Fsp3) is 0.150. The maximum Gasteiger partial charge on any atom is 0.288 e. The molecule has 1 aliphatic rings. The smallest absolute Gasteiger partial charge is 0.288 e. The first-order valence-electron chi connectivity index (χ1n) is 8.97. The molecule has 2 heterocycles. The van der Waals surface area contributed by atoms with E-state index < -0.39 is 5.91 Å². The van der Waals surface area contributed by atoms with E-state index in [2.05, 4.69) is 15.6 Å². The molecule has 0 aliphatic carbocycles. The Morgan fingerprint density at radius 3 is 2.38 bits per heavy atom. The SMILES string of the molecule is O=C(NCCN1C(=O)CSC1=O)c1nnn(-c2ccccc2)c1-c1ccccc1. The summed E-state index contributed by atoms with van der Waals surface area (Å²) in [5, 5.41) is 10.7. The Labute approximate surface area is 170 Å². The number of aromatic nitrogens is 3. The van der Waals surface area contributed by atoms with Gasteiger partial charge in [-0.25, -0.2) is 4.68 Å². The molecular weight excluding hydrogens is 390 g/mol. The Balaban J connectivity index is 1.58. The average molecular weight is 407 g/mol. The lowest BCUT2D eigenvalue weighted by Gasteiger charge is -2.13. The van der Waals surface area contributed by atoms with Crippen molar-refractivity contribution in [3.8, 4) is 16.9 Å². The summed E-state index contributed by atoms with van der Waals surface area (Å²) < 4.78 is 1.62. The molecule has 0 bridgehead atoms. The highest BCUT2D eigenvalue weighted by Crippen LogP contribution is 2.25. The number of rotatable bonds is 6. The van der Waals surface area contributed by atoms with E-state index in [1.807, 2.05) is 60.7 Å². The van der Waals surface area contributed by atoms with Crippen molar-refractivity contribution in [3.05, 3.63) is 66.4 Å². The average Bonchev–Trinajstić information content (AvgIpc) is 3.34. The van der Waals surface area contributed by atoms with Crippen LogP contribution in [0.1, 0.15) is 10.5 Å². The van der Waals surface area contributed by atoms with Gasteiger partial charge in [-0.2, -0.15) is 0 Å². The van der Waals surface area contributed by atoms with Crippen LogP contribution in [-0.4, -0.2) is 55.8 Å². The molecule has 4 rings (SSSR count). The predicted molar refractivity (Wildman–Crippen MR) is 109 cm³/mol. The Hall–Kier alpha value is -3.46. The van der Waals surface area contributed by atoms with Crippen LogP contribution < -0.4 is 5.32 Å². The molecule has 1 N–H and O–H groups in total. The lowest BCUT2D eigenvalue weighted by atomic mass is 10.1. The highest BCUT2D eigenvalue weighted by atomic mass is 32.2. The monoisotopic (exact) mass is 407 g/mol. The standard InChI is InChI=1S/C20H17N5O3S/c26-16-13-29-20(28)24(16)12-11-21-19(27)17-18(14-7-3-1-4-8-14)25(23-22-17)15-9-5-2-6-10-15/h1-10H,11-13H2,(H,21,27). The predicted octanol–water partition coefficient (Wildman–Crippen LogP) is 2.36. The van der Waals surface area contributed by atoms with Gasteiger partial charge in [0.05, 0.1) is 11.4 Å². The van der Waals surface area contributed by atoms with E-state index in [1.165, 1.54) is 0 Å². The number of hydrogen-bond donors (Lipinski definition) is 1. The van der Waals surface area contributed by atoms with E-state index in [4.69, 9.17) is 0 Å². The van der Waals surface area contributed by atoms with E-state index in [0.717, 1.165) is 27.9 Å². The summed E-state index contributed by atoms with van der Waals surface area (Å²) in [5.74, 6) is -0.511. The summed E-state index contributed by atoms with van der Waals surface area (Å²) in [7, 11) is 0. The number of nitrogens with one attached hydrogen (secondary N) is 1. The molecular formula is C20H17N5O3S. The van der Waals surface area contributed by atoms with Gasteiger partial charge < -0.3 is 5.32 Å². The van der Waals surface area contributed by atoms with Crippen LogP contribution in [-0.2, 0) is 4.79 Å². The van der Waals surface area contributed by atoms with Gasteiger partial charge in [0.15, 0.2) is 5.69 Å². The first-order valence-corrected chi connectivity index (χ1v) is 9.95. The van der Waals surface area contributed by atoms with Crippen LogP contribution in [0, 0.1) is 0 Å². The van der Waals surface area contributed by atoms with Crippen molar-refractivity contribution in [2.75, 3.05) is 18.8 Å². The maximum atomic E-state index is 12.8. The van der Waals surface area contributed by atoms with Crippen LogP contribution in [0.4, 0.5) is 4.79 Å². The first-order chi connectivity index (χ1) is 14.1. The topological polar surface area (TPSA) is 97.2 Å². The summed E-state index contributed by atoms with van der Waals surface area (Å²) in [6.07, 6.45) is 0. The molecule has 0 spiro atoms. The Bertz CT molecular complexity index is 1040. The van der Waals surface area contributed by atoms with Crippen molar-refractivity contribution in [2.45, 2.75) is 0 Å². The lowest BCUT2D eigenvalue weighted by Crippen LogP contribution is -2.37. The van der Waals surface area contributed by atoms with Gasteiger partial charge in [-0.1, -0.05) is 65.5 Å². The zero-order valence-electron chi connectivity index (χ0n) is 15.3. The molecule has 8 nitrogen and oxygen atoms in total. The van der Waals surface area contributed by atoms with Gasteiger partial charge in [0.25, 0.3) is 11.1 Å². The van der Waals surface area contributed by atoms with E-state index in [1.54, 1.807) is 4.68 Å². The zero-order chi connectivity index (χ0) is 20.2. The van der Waals surface area contributed by atoms with Gasteiger partial charge in [0, 0.05) is 18.7 Å². The van der Waals surface area contributed by atoms with Gasteiger partial charge in [0.2, 0.25) is 5.91 Å². The van der Waals surface area contributed by atoms with Crippen LogP contribution in [0.3, 0.4) is 0 Å². The highest BCUT2D eigenvalue weighted by molar-refractivity contribution is 8.14. The third-order valence-corrected chi connectivity index (χ3v) is 5.25. The van der Waals surface area contributed by atoms with E-state index in [0.29, 0.717) is 5.69 Å². The third kappa shape index (κ3) is 3.90. The third-order valence-electron chi connectivity index (χ3n) is 4.39. The van der Waals surface area contributed by atoms with Crippen molar-refractivity contribution in [1.29, 1.82) is 0 Å². The minimum Gasteiger partial charge on any atom is -0.349 e. The summed E-state index contributed by atoms with van der Waals surface area (Å²) in [5.41, 5.74) is 2.32. The molecule has 0 saturated carbocycles. The molecule has 0 atom stereocenters. The van der Waals surface area contributed by atoms with Crippen molar-refractivity contribution in [1.82, 2.24) is 25.2 Å². The normalized spacial score (nSPS) is 13.7. The van der Waals surface area contributed by atoms with E-state index in [-0.39, 0.29) is 35.7 Å². The molecule has 0 unspecified atom stereocenters. The van der Waals surface area contributed by atoms with Crippen LogP contribution >= 0.6 is 11.8 Å². The number of para-hydroxylation sites is 1. The number of carbonyl (C=O) groups is 3. The minimum absolute atomic E-state index is 0.129. The second-order valence-electron chi connectivity index (χ2n) is 6.26.